The van der Waals surface area contributed by atoms with Crippen LogP contribution in [0.15, 0.2) is 21.9 Å². The molecule has 16 nitrogen and oxygen atoms in total. The SMILES string of the molecule is COC1C[C@H](n2ccc(=O)[nH]c2=O)O[C@@H]1COP(=O)(OC)OP(=O)(OC)OP(=O)(OC)OC. The number of aromatic amines is 1. The molecule has 1 aliphatic rings. The van der Waals surface area contributed by atoms with E-state index in [0.29, 0.717) is 0 Å². The fourth-order valence-electron chi connectivity index (χ4n) is 2.67. The fourth-order valence-corrected chi connectivity index (χ4v) is 7.12. The predicted molar refractivity (Wildman–Crippen MR) is 110 cm³/mol. The zero-order valence-electron chi connectivity index (χ0n) is 18.3. The van der Waals surface area contributed by atoms with Crippen molar-refractivity contribution in [2.75, 3.05) is 42.2 Å². The monoisotopic (exact) mass is 538 g/mol. The van der Waals surface area contributed by atoms with Gasteiger partial charge in [0.05, 0.1) is 12.7 Å². The Morgan fingerprint density at radius 3 is 2.06 bits per heavy atom. The Balaban J connectivity index is 2.13. The van der Waals surface area contributed by atoms with Gasteiger partial charge < -0.3 is 9.47 Å². The van der Waals surface area contributed by atoms with Gasteiger partial charge in [0.2, 0.25) is 0 Å². The molecule has 0 aromatic carbocycles. The molecule has 1 aliphatic heterocycles. The summed E-state index contributed by atoms with van der Waals surface area (Å²) in [6.45, 7) is -0.478. The smallest absolute Gasteiger partial charge is 0.378 e. The summed E-state index contributed by atoms with van der Waals surface area (Å²) in [5, 5.41) is 0. The quantitative estimate of drug-likeness (QED) is 0.358. The molecule has 2 rings (SSSR count). The number of nitrogens with zero attached hydrogens (tertiary/aromatic N) is 1. The first-order chi connectivity index (χ1) is 15.5. The number of aromatic nitrogens is 2. The summed E-state index contributed by atoms with van der Waals surface area (Å²) >= 11 is 0. The van der Waals surface area contributed by atoms with Crippen LogP contribution in [0.5, 0.6) is 0 Å². The molecule has 1 aromatic heterocycles. The molecule has 19 heteroatoms. The molecule has 1 N–H and O–H groups in total. The van der Waals surface area contributed by atoms with Gasteiger partial charge in [0.1, 0.15) is 12.3 Å². The highest BCUT2D eigenvalue weighted by molar-refractivity contribution is 7.67. The van der Waals surface area contributed by atoms with Crippen molar-refractivity contribution >= 4 is 23.5 Å². The molecular weight excluding hydrogens is 513 g/mol. The molecular formula is C14H25N2O14P3. The van der Waals surface area contributed by atoms with Crippen molar-refractivity contribution in [1.82, 2.24) is 9.55 Å². The van der Waals surface area contributed by atoms with E-state index in [0.717, 1.165) is 39.1 Å². The van der Waals surface area contributed by atoms with Crippen molar-refractivity contribution in [3.63, 3.8) is 0 Å². The molecule has 5 atom stereocenters. The zero-order valence-corrected chi connectivity index (χ0v) is 21.0. The molecule has 0 amide bonds. The van der Waals surface area contributed by atoms with E-state index in [9.17, 15) is 23.3 Å². The number of H-pyrrole nitrogens is 1. The van der Waals surface area contributed by atoms with E-state index in [4.69, 9.17) is 22.8 Å². The summed E-state index contributed by atoms with van der Waals surface area (Å²) in [6.07, 6.45) is -0.928. The minimum atomic E-state index is -4.83. The maximum atomic E-state index is 12.9. The molecule has 0 spiro atoms. The second kappa shape index (κ2) is 11.6. The third-order valence-corrected chi connectivity index (χ3v) is 9.79. The summed E-state index contributed by atoms with van der Waals surface area (Å²) in [5.74, 6) is 0. The van der Waals surface area contributed by atoms with Crippen molar-refractivity contribution < 1.29 is 54.4 Å². The largest absolute Gasteiger partial charge is 0.492 e. The molecule has 2 heterocycles. The van der Waals surface area contributed by atoms with Crippen molar-refractivity contribution in [2.45, 2.75) is 24.9 Å². The summed E-state index contributed by atoms with van der Waals surface area (Å²) in [5.41, 5.74) is -1.28. The van der Waals surface area contributed by atoms with Gasteiger partial charge >= 0.3 is 29.2 Å². The number of phosphoric acid groups is 3. The van der Waals surface area contributed by atoms with Gasteiger partial charge in [-0.2, -0.15) is 8.62 Å². The normalized spacial score (nSPS) is 24.9. The van der Waals surface area contributed by atoms with E-state index < -0.39 is 59.8 Å². The van der Waals surface area contributed by atoms with Crippen LogP contribution in [0.25, 0.3) is 0 Å². The topological polar surface area (TPSA) is 189 Å². The average molecular weight is 538 g/mol. The second-order valence-electron chi connectivity index (χ2n) is 6.19. The highest BCUT2D eigenvalue weighted by Crippen LogP contribution is 2.72. The Labute approximate surface area is 188 Å². The first kappa shape index (κ1) is 28.2. The lowest BCUT2D eigenvalue weighted by atomic mass is 10.2. The van der Waals surface area contributed by atoms with Gasteiger partial charge in [0.25, 0.3) is 5.56 Å². The minimum absolute atomic E-state index is 0.180. The van der Waals surface area contributed by atoms with Gasteiger partial charge in [0.15, 0.2) is 0 Å². The van der Waals surface area contributed by atoms with Crippen molar-refractivity contribution in [2.24, 2.45) is 0 Å². The maximum absolute atomic E-state index is 12.9. The van der Waals surface area contributed by atoms with Crippen molar-refractivity contribution in [3.05, 3.63) is 33.1 Å². The number of rotatable bonds is 13. The number of nitrogens with one attached hydrogen (secondary N) is 1. The molecule has 33 heavy (non-hydrogen) atoms. The van der Waals surface area contributed by atoms with E-state index >= 15 is 0 Å². The number of hydrogen-bond donors (Lipinski definition) is 1. The van der Waals surface area contributed by atoms with Crippen LogP contribution in [0.3, 0.4) is 0 Å². The Hall–Kier alpha value is -0.990. The summed E-state index contributed by atoms with van der Waals surface area (Å²) < 4.78 is 82.7. The highest BCUT2D eigenvalue weighted by Gasteiger charge is 2.47. The predicted octanol–water partition coefficient (Wildman–Crippen LogP) is 1.80. The third kappa shape index (κ3) is 7.25. The van der Waals surface area contributed by atoms with Gasteiger partial charge in [-0.05, 0) is 0 Å². The van der Waals surface area contributed by atoms with E-state index in [1.165, 1.54) is 13.3 Å². The van der Waals surface area contributed by atoms with Crippen LogP contribution in [0.1, 0.15) is 12.6 Å². The number of phosphoric ester groups is 2. The molecule has 1 fully saturated rings. The van der Waals surface area contributed by atoms with Crippen LogP contribution in [0, 0.1) is 0 Å². The Morgan fingerprint density at radius 1 is 0.970 bits per heavy atom. The number of hydrogen-bond acceptors (Lipinski definition) is 14. The van der Waals surface area contributed by atoms with E-state index in [1.807, 2.05) is 0 Å². The maximum Gasteiger partial charge on any atom is 0.492 e. The third-order valence-electron chi connectivity index (χ3n) is 4.34. The average Bonchev–Trinajstić information content (AvgIpc) is 3.20. The van der Waals surface area contributed by atoms with Crippen LogP contribution in [0.2, 0.25) is 0 Å². The van der Waals surface area contributed by atoms with Crippen LogP contribution < -0.4 is 11.2 Å². The van der Waals surface area contributed by atoms with Crippen molar-refractivity contribution in [1.29, 1.82) is 0 Å². The van der Waals surface area contributed by atoms with E-state index in [-0.39, 0.29) is 6.42 Å². The first-order valence-electron chi connectivity index (χ1n) is 9.06. The van der Waals surface area contributed by atoms with Gasteiger partial charge in [0, 0.05) is 54.2 Å². The zero-order chi connectivity index (χ0) is 24.9. The second-order valence-corrected chi connectivity index (χ2v) is 11.9. The molecule has 3 unspecified atom stereocenters. The van der Waals surface area contributed by atoms with Gasteiger partial charge in [-0.15, -0.1) is 0 Å². The molecule has 0 aliphatic carbocycles. The molecule has 0 saturated carbocycles. The minimum Gasteiger partial charge on any atom is -0.378 e. The Kier molecular flexibility index (Phi) is 9.95. The Morgan fingerprint density at radius 2 is 1.55 bits per heavy atom. The highest BCUT2D eigenvalue weighted by atomic mass is 31.3. The number of methoxy groups -OCH3 is 1. The lowest BCUT2D eigenvalue weighted by Gasteiger charge is -2.24. The van der Waals surface area contributed by atoms with Gasteiger partial charge in [-0.25, -0.2) is 18.5 Å². The van der Waals surface area contributed by atoms with Gasteiger partial charge in [-0.1, -0.05) is 0 Å². The molecule has 0 bridgehead atoms. The van der Waals surface area contributed by atoms with Crippen LogP contribution >= 0.6 is 23.5 Å². The van der Waals surface area contributed by atoms with Gasteiger partial charge in [-0.3, -0.25) is 37.0 Å². The van der Waals surface area contributed by atoms with Crippen molar-refractivity contribution in [3.8, 4) is 0 Å². The number of ether oxygens (including phenoxy) is 2. The molecule has 1 saturated heterocycles. The summed E-state index contributed by atoms with van der Waals surface area (Å²) in [6, 6.07) is 1.14. The molecule has 190 valence electrons. The summed E-state index contributed by atoms with van der Waals surface area (Å²) in [7, 11) is -8.76. The van der Waals surface area contributed by atoms with E-state index in [2.05, 4.69) is 22.9 Å². The molecule has 0 radical (unpaired) electrons. The van der Waals surface area contributed by atoms with Crippen LogP contribution in [0.4, 0.5) is 0 Å². The standard InChI is InChI=1S/C14H25N2O14P3/c1-22-10-8-13(16-7-6-12(17)15-14(16)18)28-11(10)9-27-32(20,25-4)30-33(21,26-5)29-31(19,23-2)24-3/h6-7,10-11,13H,8-9H2,1-5H3,(H,15,17,18)/t10?,11-,13-,32?,33?/m1/s1. The van der Waals surface area contributed by atoms with Crippen LogP contribution in [-0.2, 0) is 54.4 Å². The fraction of sp³-hybridized carbons (Fsp3) is 0.714. The lowest BCUT2D eigenvalue weighted by Crippen LogP contribution is -2.31. The molecule has 1 aromatic rings. The van der Waals surface area contributed by atoms with E-state index in [1.54, 1.807) is 0 Å². The Bertz CT molecular complexity index is 1050. The summed E-state index contributed by atoms with van der Waals surface area (Å²) in [4.78, 5) is 25.4. The first-order valence-corrected chi connectivity index (χ1v) is 13.4. The lowest BCUT2D eigenvalue weighted by molar-refractivity contribution is -0.0531. The van der Waals surface area contributed by atoms with Crippen LogP contribution in [-0.4, -0.2) is 63.9 Å².